The molecule has 1 N–H and O–H groups in total. The molecule has 6 nitrogen and oxygen atoms in total. The monoisotopic (exact) mass is 383 g/mol. The zero-order valence-electron chi connectivity index (χ0n) is 12.8. The van der Waals surface area contributed by atoms with E-state index >= 15 is 0 Å². The summed E-state index contributed by atoms with van der Waals surface area (Å²) in [7, 11) is 0. The van der Waals surface area contributed by atoms with E-state index in [1.807, 2.05) is 6.07 Å². The van der Waals surface area contributed by atoms with E-state index in [-0.39, 0.29) is 16.9 Å². The minimum absolute atomic E-state index is 0.0718. The summed E-state index contributed by atoms with van der Waals surface area (Å²) in [5.41, 5.74) is -0.753. The number of esters is 1. The molecule has 0 aliphatic heterocycles. The van der Waals surface area contributed by atoms with E-state index in [0.29, 0.717) is 12.3 Å². The predicted octanol–water partition coefficient (Wildman–Crippen LogP) is 3.42. The highest BCUT2D eigenvalue weighted by Crippen LogP contribution is 2.32. The first kappa shape index (κ1) is 19.2. The van der Waals surface area contributed by atoms with Gasteiger partial charge in [-0.3, -0.25) is 4.79 Å². The third-order valence-corrected chi connectivity index (χ3v) is 3.28. The summed E-state index contributed by atoms with van der Waals surface area (Å²) in [4.78, 5) is 27.0. The van der Waals surface area contributed by atoms with E-state index in [2.05, 4.69) is 10.3 Å². The Bertz CT molecular complexity index is 894. The van der Waals surface area contributed by atoms with Crippen molar-refractivity contribution < 1.29 is 27.5 Å². The van der Waals surface area contributed by atoms with Crippen LogP contribution < -0.4 is 5.32 Å². The van der Waals surface area contributed by atoms with Crippen LogP contribution in [0.15, 0.2) is 36.5 Å². The lowest BCUT2D eigenvalue weighted by molar-refractivity contribution is -0.137. The fourth-order valence-corrected chi connectivity index (χ4v) is 2.00. The Morgan fingerprint density at radius 1 is 1.31 bits per heavy atom. The maximum absolute atomic E-state index is 12.5. The Morgan fingerprint density at radius 2 is 2.04 bits per heavy atom. The van der Waals surface area contributed by atoms with E-state index in [0.717, 1.165) is 0 Å². The number of alkyl halides is 3. The standard InChI is InChI=1S/C16H9ClF3N3O3/c17-12-5-11(16(18,19)20)7-22-14(12)23-13(24)8-26-15(25)10-3-1-2-9(4-10)6-21/h1-5,7H,8H2,(H,22,23,24). The highest BCUT2D eigenvalue weighted by atomic mass is 35.5. The maximum Gasteiger partial charge on any atom is 0.417 e. The van der Waals surface area contributed by atoms with Crippen LogP contribution in [0.4, 0.5) is 19.0 Å². The molecule has 0 bridgehead atoms. The summed E-state index contributed by atoms with van der Waals surface area (Å²) in [5, 5.41) is 10.5. The quantitative estimate of drug-likeness (QED) is 0.817. The van der Waals surface area contributed by atoms with Crippen molar-refractivity contribution in [2.45, 2.75) is 6.18 Å². The first-order valence-electron chi connectivity index (χ1n) is 6.90. The van der Waals surface area contributed by atoms with E-state index in [1.54, 1.807) is 0 Å². The SMILES string of the molecule is N#Cc1cccc(C(=O)OCC(=O)Nc2ncc(C(F)(F)F)cc2Cl)c1. The van der Waals surface area contributed by atoms with Gasteiger partial charge in [-0.15, -0.1) is 0 Å². The van der Waals surface area contributed by atoms with Crippen LogP contribution in [-0.4, -0.2) is 23.5 Å². The molecular weight excluding hydrogens is 375 g/mol. The number of nitrogens with one attached hydrogen (secondary N) is 1. The maximum atomic E-state index is 12.5. The number of ether oxygens (including phenoxy) is 1. The number of amides is 1. The molecule has 0 saturated carbocycles. The van der Waals surface area contributed by atoms with Crippen molar-refractivity contribution in [3.8, 4) is 6.07 Å². The van der Waals surface area contributed by atoms with Crippen molar-refractivity contribution >= 4 is 29.3 Å². The van der Waals surface area contributed by atoms with Crippen LogP contribution in [0.1, 0.15) is 21.5 Å². The second-order valence-electron chi connectivity index (χ2n) is 4.87. The van der Waals surface area contributed by atoms with E-state index in [9.17, 15) is 22.8 Å². The zero-order chi connectivity index (χ0) is 19.3. The largest absolute Gasteiger partial charge is 0.452 e. The molecule has 0 radical (unpaired) electrons. The molecule has 0 unspecified atom stereocenters. The molecule has 1 amide bonds. The number of anilines is 1. The Balaban J connectivity index is 1.97. The van der Waals surface area contributed by atoms with Crippen LogP contribution >= 0.6 is 11.6 Å². The number of nitrogens with zero attached hydrogens (tertiary/aromatic N) is 2. The molecule has 0 spiro atoms. The summed E-state index contributed by atoms with van der Waals surface area (Å²) in [6, 6.07) is 8.11. The summed E-state index contributed by atoms with van der Waals surface area (Å²) in [5.74, 6) is -1.99. The molecule has 0 atom stereocenters. The highest BCUT2D eigenvalue weighted by molar-refractivity contribution is 6.33. The molecule has 26 heavy (non-hydrogen) atoms. The first-order valence-corrected chi connectivity index (χ1v) is 7.28. The molecule has 10 heteroatoms. The van der Waals surface area contributed by atoms with E-state index < -0.39 is 35.2 Å². The van der Waals surface area contributed by atoms with Gasteiger partial charge in [-0.2, -0.15) is 18.4 Å². The first-order chi connectivity index (χ1) is 12.2. The van der Waals surface area contributed by atoms with Crippen LogP contribution in [0.25, 0.3) is 0 Å². The van der Waals surface area contributed by atoms with Crippen molar-refractivity contribution in [2.24, 2.45) is 0 Å². The number of pyridine rings is 1. The van der Waals surface area contributed by atoms with Crippen molar-refractivity contribution in [1.29, 1.82) is 5.26 Å². The number of carbonyl (C=O) groups excluding carboxylic acids is 2. The lowest BCUT2D eigenvalue weighted by Crippen LogP contribution is -2.22. The second kappa shape index (κ2) is 7.84. The Morgan fingerprint density at radius 3 is 2.65 bits per heavy atom. The lowest BCUT2D eigenvalue weighted by atomic mass is 10.1. The lowest BCUT2D eigenvalue weighted by Gasteiger charge is -2.10. The summed E-state index contributed by atoms with van der Waals surface area (Å²) < 4.78 is 42.3. The Hall–Kier alpha value is -3.12. The number of carbonyl (C=O) groups is 2. The number of nitriles is 1. The fourth-order valence-electron chi connectivity index (χ4n) is 1.78. The van der Waals surface area contributed by atoms with Gasteiger partial charge in [0.15, 0.2) is 12.4 Å². The molecular formula is C16H9ClF3N3O3. The number of halogens is 4. The van der Waals surface area contributed by atoms with Crippen molar-refractivity contribution in [3.63, 3.8) is 0 Å². The second-order valence-corrected chi connectivity index (χ2v) is 5.28. The van der Waals surface area contributed by atoms with Crippen LogP contribution in [0.3, 0.4) is 0 Å². The predicted molar refractivity (Wildman–Crippen MR) is 84.3 cm³/mol. The van der Waals surface area contributed by atoms with Gasteiger partial charge in [0.1, 0.15) is 0 Å². The smallest absolute Gasteiger partial charge is 0.417 e. The molecule has 1 heterocycles. The third-order valence-electron chi connectivity index (χ3n) is 2.99. The molecule has 2 aromatic rings. The highest BCUT2D eigenvalue weighted by Gasteiger charge is 2.31. The van der Waals surface area contributed by atoms with Crippen molar-refractivity contribution in [3.05, 3.63) is 58.2 Å². The van der Waals surface area contributed by atoms with Gasteiger partial charge in [0, 0.05) is 6.20 Å². The molecule has 134 valence electrons. The topological polar surface area (TPSA) is 92.1 Å². The molecule has 0 aliphatic rings. The van der Waals surface area contributed by atoms with Gasteiger partial charge in [-0.1, -0.05) is 17.7 Å². The molecule has 1 aromatic heterocycles. The van der Waals surface area contributed by atoms with Gasteiger partial charge in [0.05, 0.1) is 27.8 Å². The number of rotatable bonds is 4. The minimum Gasteiger partial charge on any atom is -0.452 e. The molecule has 2 rings (SSSR count). The van der Waals surface area contributed by atoms with E-state index in [1.165, 1.54) is 24.3 Å². The van der Waals surface area contributed by atoms with Crippen LogP contribution in [0.5, 0.6) is 0 Å². The van der Waals surface area contributed by atoms with Crippen LogP contribution in [0, 0.1) is 11.3 Å². The summed E-state index contributed by atoms with van der Waals surface area (Å²) >= 11 is 5.66. The molecule has 1 aromatic carbocycles. The normalized spacial score (nSPS) is 10.7. The Kier molecular flexibility index (Phi) is 5.79. The number of hydrogen-bond donors (Lipinski definition) is 1. The summed E-state index contributed by atoms with van der Waals surface area (Å²) in [6.07, 6.45) is -4.10. The molecule has 0 aliphatic carbocycles. The number of benzene rings is 1. The average Bonchev–Trinajstić information content (AvgIpc) is 2.60. The van der Waals surface area contributed by atoms with Gasteiger partial charge in [-0.25, -0.2) is 9.78 Å². The van der Waals surface area contributed by atoms with Gasteiger partial charge < -0.3 is 10.1 Å². The number of aromatic nitrogens is 1. The number of hydrogen-bond acceptors (Lipinski definition) is 5. The Labute approximate surface area is 150 Å². The average molecular weight is 384 g/mol. The van der Waals surface area contributed by atoms with Crippen molar-refractivity contribution in [1.82, 2.24) is 4.98 Å². The van der Waals surface area contributed by atoms with Gasteiger partial charge >= 0.3 is 12.1 Å². The summed E-state index contributed by atoms with van der Waals surface area (Å²) in [6.45, 7) is -0.714. The van der Waals surface area contributed by atoms with Gasteiger partial charge in [-0.05, 0) is 24.3 Å². The fraction of sp³-hybridized carbons (Fsp3) is 0.125. The van der Waals surface area contributed by atoms with E-state index in [4.69, 9.17) is 21.6 Å². The zero-order valence-corrected chi connectivity index (χ0v) is 13.6. The van der Waals surface area contributed by atoms with Gasteiger partial charge in [0.25, 0.3) is 5.91 Å². The molecule has 0 fully saturated rings. The third kappa shape index (κ3) is 4.94. The molecule has 0 saturated heterocycles. The van der Waals surface area contributed by atoms with Gasteiger partial charge in [0.2, 0.25) is 0 Å². The minimum atomic E-state index is -4.62. The van der Waals surface area contributed by atoms with Crippen molar-refractivity contribution in [2.75, 3.05) is 11.9 Å². The van der Waals surface area contributed by atoms with Crippen LogP contribution in [-0.2, 0) is 15.7 Å². The van der Waals surface area contributed by atoms with Crippen LogP contribution in [0.2, 0.25) is 5.02 Å².